The van der Waals surface area contributed by atoms with Gasteiger partial charge in [-0.05, 0) is 42.8 Å². The number of ether oxygens (including phenoxy) is 1. The molecule has 0 spiro atoms. The molecule has 0 aliphatic carbocycles. The third kappa shape index (κ3) is 3.94. The molecule has 136 valence electrons. The number of hydrogen-bond donors (Lipinski definition) is 3. The van der Waals surface area contributed by atoms with Gasteiger partial charge in [-0.2, -0.15) is 0 Å². The van der Waals surface area contributed by atoms with Gasteiger partial charge in [-0.1, -0.05) is 25.0 Å². The topological polar surface area (TPSA) is 80.4 Å². The van der Waals surface area contributed by atoms with Crippen LogP contribution in [-0.2, 0) is 0 Å². The Morgan fingerprint density at radius 2 is 1.85 bits per heavy atom. The Morgan fingerprint density at radius 1 is 1.08 bits per heavy atom. The summed E-state index contributed by atoms with van der Waals surface area (Å²) in [7, 11) is 0. The molecule has 0 amide bonds. The van der Waals surface area contributed by atoms with E-state index in [1.165, 1.54) is 16.8 Å². The Morgan fingerprint density at radius 3 is 2.54 bits per heavy atom. The lowest BCUT2D eigenvalue weighted by atomic mass is 10.1. The first-order valence-corrected chi connectivity index (χ1v) is 8.95. The first kappa shape index (κ1) is 18.1. The molecule has 0 fully saturated rings. The molecule has 2 N–H and O–H groups in total. The number of rotatable bonds is 7. The standard InChI is InChI=1S/C19H21N3O3S/c1-2-3-4-11-25-15-8-5-13(6-9-15)18-19(26)20-21-22(18)16-10-7-14(23)12-17(16)24/h5-10,12,23-24,26H,2-4,11H2,1H3. The van der Waals surface area contributed by atoms with Gasteiger partial charge in [0, 0.05) is 11.6 Å². The molecule has 0 aliphatic heterocycles. The van der Waals surface area contributed by atoms with E-state index >= 15 is 0 Å². The van der Waals surface area contributed by atoms with Crippen LogP contribution in [0, 0.1) is 0 Å². The second kappa shape index (κ2) is 8.14. The van der Waals surface area contributed by atoms with Crippen LogP contribution in [0.15, 0.2) is 47.5 Å². The Bertz CT molecular complexity index is 878. The predicted octanol–water partition coefficient (Wildman–Crippen LogP) is 4.20. The molecule has 1 aromatic heterocycles. The molecule has 7 heteroatoms. The fraction of sp³-hybridized carbons (Fsp3) is 0.263. The maximum atomic E-state index is 10.1. The SMILES string of the molecule is CCCCCOc1ccc(-c2c(S)nnn2-c2ccc(O)cc2O)cc1. The van der Waals surface area contributed by atoms with E-state index in [9.17, 15) is 10.2 Å². The minimum absolute atomic E-state index is 0.0245. The normalized spacial score (nSPS) is 10.8. The molecule has 0 bridgehead atoms. The summed E-state index contributed by atoms with van der Waals surface area (Å²) in [6.07, 6.45) is 3.35. The van der Waals surface area contributed by atoms with Crippen molar-refractivity contribution in [1.29, 1.82) is 0 Å². The van der Waals surface area contributed by atoms with Crippen molar-refractivity contribution in [3.05, 3.63) is 42.5 Å². The smallest absolute Gasteiger partial charge is 0.145 e. The van der Waals surface area contributed by atoms with Crippen LogP contribution in [0.4, 0.5) is 0 Å². The first-order valence-electron chi connectivity index (χ1n) is 8.50. The van der Waals surface area contributed by atoms with E-state index in [0.29, 0.717) is 23.0 Å². The summed E-state index contributed by atoms with van der Waals surface area (Å²) in [6, 6.07) is 11.9. The molecule has 1 heterocycles. The third-order valence-electron chi connectivity index (χ3n) is 3.98. The van der Waals surface area contributed by atoms with Gasteiger partial charge >= 0.3 is 0 Å². The molecule has 6 nitrogen and oxygen atoms in total. The van der Waals surface area contributed by atoms with E-state index < -0.39 is 0 Å². The maximum Gasteiger partial charge on any atom is 0.145 e. The van der Waals surface area contributed by atoms with Gasteiger partial charge in [0.25, 0.3) is 0 Å². The molecule has 2 aromatic carbocycles. The molecule has 0 atom stereocenters. The lowest BCUT2D eigenvalue weighted by Crippen LogP contribution is -2.00. The molecule has 26 heavy (non-hydrogen) atoms. The summed E-state index contributed by atoms with van der Waals surface area (Å²) in [5.74, 6) is 0.682. The maximum absolute atomic E-state index is 10.1. The first-order chi connectivity index (χ1) is 12.6. The zero-order valence-electron chi connectivity index (χ0n) is 14.5. The second-order valence-electron chi connectivity index (χ2n) is 5.93. The lowest BCUT2D eigenvalue weighted by molar-refractivity contribution is 0.306. The van der Waals surface area contributed by atoms with Crippen molar-refractivity contribution in [2.24, 2.45) is 0 Å². The number of aromatic nitrogens is 3. The lowest BCUT2D eigenvalue weighted by Gasteiger charge is -2.10. The van der Waals surface area contributed by atoms with Gasteiger partial charge in [0.2, 0.25) is 0 Å². The highest BCUT2D eigenvalue weighted by atomic mass is 32.1. The average molecular weight is 371 g/mol. The van der Waals surface area contributed by atoms with Gasteiger partial charge < -0.3 is 14.9 Å². The van der Waals surface area contributed by atoms with Crippen LogP contribution < -0.4 is 4.74 Å². The summed E-state index contributed by atoms with van der Waals surface area (Å²) in [4.78, 5) is 0. The number of aromatic hydroxyl groups is 2. The summed E-state index contributed by atoms with van der Waals surface area (Å²) < 4.78 is 7.23. The van der Waals surface area contributed by atoms with Crippen LogP contribution in [0.2, 0.25) is 0 Å². The van der Waals surface area contributed by atoms with Gasteiger partial charge in [0.05, 0.1) is 6.61 Å². The quantitative estimate of drug-likeness (QED) is 0.428. The minimum Gasteiger partial charge on any atom is -0.508 e. The highest BCUT2D eigenvalue weighted by Crippen LogP contribution is 2.33. The van der Waals surface area contributed by atoms with Crippen molar-refractivity contribution in [2.75, 3.05) is 6.61 Å². The predicted molar refractivity (Wildman–Crippen MR) is 102 cm³/mol. The largest absolute Gasteiger partial charge is 0.508 e. The molecule has 3 rings (SSSR count). The van der Waals surface area contributed by atoms with Crippen LogP contribution in [0.3, 0.4) is 0 Å². The number of thiol groups is 1. The zero-order valence-corrected chi connectivity index (χ0v) is 15.4. The van der Waals surface area contributed by atoms with E-state index in [0.717, 1.165) is 30.6 Å². The van der Waals surface area contributed by atoms with Crippen LogP contribution in [0.25, 0.3) is 16.9 Å². The van der Waals surface area contributed by atoms with E-state index in [2.05, 4.69) is 29.9 Å². The number of nitrogens with zero attached hydrogens (tertiary/aromatic N) is 3. The molecule has 0 saturated carbocycles. The Hall–Kier alpha value is -2.67. The summed E-state index contributed by atoms with van der Waals surface area (Å²) in [6.45, 7) is 2.86. The van der Waals surface area contributed by atoms with E-state index in [-0.39, 0.29) is 11.5 Å². The van der Waals surface area contributed by atoms with Crippen molar-refractivity contribution >= 4 is 12.6 Å². The number of phenols is 2. The van der Waals surface area contributed by atoms with E-state index in [4.69, 9.17) is 4.74 Å². The van der Waals surface area contributed by atoms with Gasteiger partial charge in [-0.25, -0.2) is 4.68 Å². The molecule has 0 unspecified atom stereocenters. The van der Waals surface area contributed by atoms with Crippen LogP contribution in [0.1, 0.15) is 26.2 Å². The number of phenolic OH excluding ortho intramolecular Hbond substituents is 2. The molecule has 3 aromatic rings. The van der Waals surface area contributed by atoms with Crippen LogP contribution in [-0.4, -0.2) is 31.8 Å². The summed E-state index contributed by atoms with van der Waals surface area (Å²) >= 11 is 4.38. The van der Waals surface area contributed by atoms with E-state index in [1.807, 2.05) is 24.3 Å². The Balaban J connectivity index is 1.87. The fourth-order valence-electron chi connectivity index (χ4n) is 2.64. The van der Waals surface area contributed by atoms with Gasteiger partial charge in [0.15, 0.2) is 0 Å². The van der Waals surface area contributed by atoms with Crippen molar-refractivity contribution in [2.45, 2.75) is 31.2 Å². The highest BCUT2D eigenvalue weighted by molar-refractivity contribution is 7.80. The Kier molecular flexibility index (Phi) is 5.68. The number of hydrogen-bond acceptors (Lipinski definition) is 6. The summed E-state index contributed by atoms with van der Waals surface area (Å²) in [5.41, 5.74) is 1.89. The average Bonchev–Trinajstić information content (AvgIpc) is 3.01. The van der Waals surface area contributed by atoms with Crippen molar-refractivity contribution in [3.8, 4) is 34.2 Å². The van der Waals surface area contributed by atoms with Crippen molar-refractivity contribution in [1.82, 2.24) is 15.0 Å². The summed E-state index contributed by atoms with van der Waals surface area (Å²) in [5, 5.41) is 28.1. The third-order valence-corrected chi connectivity index (χ3v) is 4.29. The molecular weight excluding hydrogens is 350 g/mol. The number of benzene rings is 2. The fourth-order valence-corrected chi connectivity index (χ4v) is 2.90. The van der Waals surface area contributed by atoms with Gasteiger partial charge in [0.1, 0.15) is 33.7 Å². The molecule has 0 radical (unpaired) electrons. The van der Waals surface area contributed by atoms with Crippen LogP contribution >= 0.6 is 12.6 Å². The monoisotopic (exact) mass is 371 g/mol. The zero-order chi connectivity index (χ0) is 18.5. The second-order valence-corrected chi connectivity index (χ2v) is 6.35. The highest BCUT2D eigenvalue weighted by Gasteiger charge is 2.17. The van der Waals surface area contributed by atoms with Gasteiger partial charge in [-0.15, -0.1) is 17.7 Å². The Labute approximate surface area is 157 Å². The van der Waals surface area contributed by atoms with Crippen LogP contribution in [0.5, 0.6) is 17.2 Å². The molecular formula is C19H21N3O3S. The van der Waals surface area contributed by atoms with Gasteiger partial charge in [-0.3, -0.25) is 0 Å². The molecule has 0 aliphatic rings. The molecule has 0 saturated heterocycles. The van der Waals surface area contributed by atoms with Crippen molar-refractivity contribution < 1.29 is 14.9 Å². The van der Waals surface area contributed by atoms with E-state index in [1.54, 1.807) is 6.07 Å². The minimum atomic E-state index is -0.0969. The van der Waals surface area contributed by atoms with Crippen molar-refractivity contribution in [3.63, 3.8) is 0 Å². The number of unbranched alkanes of at least 4 members (excludes halogenated alkanes) is 2.